The van der Waals surface area contributed by atoms with Gasteiger partial charge < -0.3 is 10.0 Å². The van der Waals surface area contributed by atoms with Crippen molar-refractivity contribution in [3.8, 4) is 0 Å². The zero-order valence-electron chi connectivity index (χ0n) is 12.5. The molecule has 0 spiro atoms. The van der Waals surface area contributed by atoms with Crippen molar-refractivity contribution < 1.29 is 14.7 Å². The number of rotatable bonds is 8. The van der Waals surface area contributed by atoms with Crippen LogP contribution in [0.1, 0.15) is 18.7 Å². The maximum Gasteiger partial charge on any atom is 0.307 e. The van der Waals surface area contributed by atoms with Crippen molar-refractivity contribution in [3.05, 3.63) is 20.8 Å². The number of amides is 1. The lowest BCUT2D eigenvalue weighted by Gasteiger charge is -2.24. The Morgan fingerprint density at radius 3 is 2.57 bits per heavy atom. The summed E-state index contributed by atoms with van der Waals surface area (Å²) in [4.78, 5) is 27.8. The van der Waals surface area contributed by atoms with Crippen LogP contribution in [0.5, 0.6) is 0 Å². The third kappa shape index (κ3) is 6.15. The number of nitrogens with zero attached hydrogens (tertiary/aromatic N) is 2. The number of likely N-dealkylation sites (N-methyl/N-ethyl adjacent to an activating group) is 2. The van der Waals surface area contributed by atoms with Crippen LogP contribution in [0.4, 0.5) is 0 Å². The van der Waals surface area contributed by atoms with E-state index < -0.39 is 11.9 Å². The number of carboxylic acid groups (broad SMARTS) is 1. The lowest BCUT2D eigenvalue weighted by atomic mass is 10.2. The minimum absolute atomic E-state index is 0.0158. The lowest BCUT2D eigenvalue weighted by Crippen LogP contribution is -2.40. The van der Waals surface area contributed by atoms with Gasteiger partial charge in [0.05, 0.1) is 22.8 Å². The number of carboxylic acids is 1. The van der Waals surface area contributed by atoms with E-state index in [-0.39, 0.29) is 12.5 Å². The molecule has 1 rings (SSSR count). The van der Waals surface area contributed by atoms with Gasteiger partial charge >= 0.3 is 5.97 Å². The second-order valence-electron chi connectivity index (χ2n) is 5.05. The number of thiophene rings is 1. The molecule has 0 aliphatic heterocycles. The minimum Gasteiger partial charge on any atom is -0.481 e. The molecule has 1 aromatic rings. The number of hydrogen-bond donors (Lipinski definition) is 1. The van der Waals surface area contributed by atoms with E-state index in [1.54, 1.807) is 35.1 Å². The van der Waals surface area contributed by atoms with Crippen LogP contribution in [0, 0.1) is 5.92 Å². The third-order valence-electron chi connectivity index (χ3n) is 3.12. The average Bonchev–Trinajstić information content (AvgIpc) is 2.80. The van der Waals surface area contributed by atoms with Gasteiger partial charge in [0.15, 0.2) is 0 Å². The highest BCUT2D eigenvalue weighted by atomic mass is 79.9. The number of carbonyl (C=O) groups excluding carboxylic acids is 1. The molecule has 1 amide bonds. The van der Waals surface area contributed by atoms with E-state index in [9.17, 15) is 9.59 Å². The largest absolute Gasteiger partial charge is 0.481 e. The molecule has 0 saturated carbocycles. The van der Waals surface area contributed by atoms with Crippen LogP contribution >= 0.6 is 27.3 Å². The second-order valence-corrected chi connectivity index (χ2v) is 7.60. The molecule has 1 unspecified atom stereocenters. The predicted molar refractivity (Wildman–Crippen MR) is 87.4 cm³/mol. The molecule has 0 saturated heterocycles. The van der Waals surface area contributed by atoms with Crippen molar-refractivity contribution in [3.63, 3.8) is 0 Å². The van der Waals surface area contributed by atoms with E-state index in [2.05, 4.69) is 15.9 Å². The Hall–Kier alpha value is -0.920. The standard InChI is InChI=1S/C14H21BrN2O3S/c1-4-17(8-11-5-6-12(15)21-11)13(18)9-16(3)7-10(2)14(19)20/h5-6,10H,4,7-9H2,1-3H3,(H,19,20). The van der Waals surface area contributed by atoms with Crippen LogP contribution < -0.4 is 0 Å². The molecule has 0 bridgehead atoms. The molecule has 5 nitrogen and oxygen atoms in total. The predicted octanol–water partition coefficient (Wildman–Crippen LogP) is 2.51. The molecule has 1 heterocycles. The summed E-state index contributed by atoms with van der Waals surface area (Å²) < 4.78 is 1.05. The van der Waals surface area contributed by atoms with Crippen molar-refractivity contribution in [1.82, 2.24) is 9.80 Å². The molecule has 0 radical (unpaired) electrons. The van der Waals surface area contributed by atoms with Gasteiger partial charge in [-0.25, -0.2) is 0 Å². The van der Waals surface area contributed by atoms with E-state index in [1.165, 1.54) is 0 Å². The maximum atomic E-state index is 12.3. The van der Waals surface area contributed by atoms with Gasteiger partial charge in [-0.3, -0.25) is 14.5 Å². The summed E-state index contributed by atoms with van der Waals surface area (Å²) in [6, 6.07) is 3.97. The van der Waals surface area contributed by atoms with Crippen LogP contribution in [0.2, 0.25) is 0 Å². The van der Waals surface area contributed by atoms with Gasteiger partial charge in [-0.15, -0.1) is 11.3 Å². The zero-order chi connectivity index (χ0) is 16.0. The highest BCUT2D eigenvalue weighted by molar-refractivity contribution is 9.11. The molecular formula is C14H21BrN2O3S. The highest BCUT2D eigenvalue weighted by Gasteiger charge is 2.18. The summed E-state index contributed by atoms with van der Waals surface area (Å²) >= 11 is 5.03. The molecule has 0 aliphatic rings. The molecule has 118 valence electrons. The van der Waals surface area contributed by atoms with Gasteiger partial charge in [0.25, 0.3) is 0 Å². The first kappa shape index (κ1) is 18.1. The summed E-state index contributed by atoms with van der Waals surface area (Å²) in [7, 11) is 1.77. The quantitative estimate of drug-likeness (QED) is 0.756. The summed E-state index contributed by atoms with van der Waals surface area (Å²) in [5, 5.41) is 8.89. The monoisotopic (exact) mass is 376 g/mol. The molecule has 1 N–H and O–H groups in total. The van der Waals surface area contributed by atoms with Crippen LogP contribution in [0.3, 0.4) is 0 Å². The highest BCUT2D eigenvalue weighted by Crippen LogP contribution is 2.23. The minimum atomic E-state index is -0.843. The second kappa shape index (κ2) is 8.51. The number of hydrogen-bond acceptors (Lipinski definition) is 4. The first-order valence-electron chi connectivity index (χ1n) is 6.76. The van der Waals surface area contributed by atoms with Crippen molar-refractivity contribution in [1.29, 1.82) is 0 Å². The molecule has 0 aliphatic carbocycles. The first-order valence-corrected chi connectivity index (χ1v) is 8.37. The van der Waals surface area contributed by atoms with Crippen molar-refractivity contribution >= 4 is 39.1 Å². The Bertz CT molecular complexity index is 492. The smallest absolute Gasteiger partial charge is 0.307 e. The van der Waals surface area contributed by atoms with Gasteiger partial charge in [0, 0.05) is 18.0 Å². The van der Waals surface area contributed by atoms with Gasteiger partial charge in [0.1, 0.15) is 0 Å². The summed E-state index contributed by atoms with van der Waals surface area (Å²) in [6.45, 7) is 5.41. The SMILES string of the molecule is CCN(Cc1ccc(Br)s1)C(=O)CN(C)CC(C)C(=O)O. The number of halogens is 1. The molecule has 1 atom stereocenters. The molecule has 7 heteroatoms. The Kier molecular flexibility index (Phi) is 7.34. The van der Waals surface area contributed by atoms with Gasteiger partial charge in [0.2, 0.25) is 5.91 Å². The average molecular weight is 377 g/mol. The Labute approximate surface area is 137 Å². The Balaban J connectivity index is 2.52. The van der Waals surface area contributed by atoms with Crippen LogP contribution in [-0.2, 0) is 16.1 Å². The summed E-state index contributed by atoms with van der Waals surface area (Å²) in [5.74, 6) is -1.31. The fourth-order valence-electron chi connectivity index (χ4n) is 1.94. The summed E-state index contributed by atoms with van der Waals surface area (Å²) in [5.41, 5.74) is 0. The number of aliphatic carboxylic acids is 1. The third-order valence-corrected chi connectivity index (χ3v) is 4.73. The first-order chi connectivity index (χ1) is 9.83. The maximum absolute atomic E-state index is 12.3. The normalized spacial score (nSPS) is 12.4. The number of carbonyl (C=O) groups is 2. The van der Waals surface area contributed by atoms with E-state index in [0.717, 1.165) is 8.66 Å². The topological polar surface area (TPSA) is 60.9 Å². The van der Waals surface area contributed by atoms with Crippen LogP contribution in [0.15, 0.2) is 15.9 Å². The van der Waals surface area contributed by atoms with Crippen molar-refractivity contribution in [2.24, 2.45) is 5.92 Å². The zero-order valence-corrected chi connectivity index (χ0v) is 14.9. The van der Waals surface area contributed by atoms with Crippen LogP contribution in [0.25, 0.3) is 0 Å². The molecule has 0 fully saturated rings. The van der Waals surface area contributed by atoms with Gasteiger partial charge in [-0.2, -0.15) is 0 Å². The lowest BCUT2D eigenvalue weighted by molar-refractivity contribution is -0.142. The van der Waals surface area contributed by atoms with Crippen molar-refractivity contribution in [2.45, 2.75) is 20.4 Å². The molecule has 1 aromatic heterocycles. The molecule has 0 aromatic carbocycles. The fourth-order valence-corrected chi connectivity index (χ4v) is 3.44. The van der Waals surface area contributed by atoms with Crippen molar-refractivity contribution in [2.75, 3.05) is 26.7 Å². The molecule has 21 heavy (non-hydrogen) atoms. The molecular weight excluding hydrogens is 356 g/mol. The van der Waals surface area contributed by atoms with E-state index in [4.69, 9.17) is 5.11 Å². The fraction of sp³-hybridized carbons (Fsp3) is 0.571. The van der Waals surface area contributed by atoms with Crippen LogP contribution in [-0.4, -0.2) is 53.5 Å². The van der Waals surface area contributed by atoms with E-state index >= 15 is 0 Å². The van der Waals surface area contributed by atoms with Gasteiger partial charge in [-0.1, -0.05) is 6.92 Å². The Morgan fingerprint density at radius 2 is 2.10 bits per heavy atom. The van der Waals surface area contributed by atoms with Gasteiger partial charge in [-0.05, 0) is 42.0 Å². The van der Waals surface area contributed by atoms with E-state index in [0.29, 0.717) is 19.6 Å². The van der Waals surface area contributed by atoms with E-state index in [1.807, 2.05) is 19.1 Å². The summed E-state index contributed by atoms with van der Waals surface area (Å²) in [6.07, 6.45) is 0. The Morgan fingerprint density at radius 1 is 1.43 bits per heavy atom.